The summed E-state index contributed by atoms with van der Waals surface area (Å²) in [6.07, 6.45) is 0. The molecule has 0 bridgehead atoms. The summed E-state index contributed by atoms with van der Waals surface area (Å²) in [5, 5.41) is 24.0. The van der Waals surface area contributed by atoms with Gasteiger partial charge >= 0.3 is 11.9 Å². The number of aromatic carboxylic acids is 2. The Morgan fingerprint density at radius 1 is 0.852 bits per heavy atom. The van der Waals surface area contributed by atoms with Crippen molar-refractivity contribution in [2.45, 2.75) is 20.8 Å². The van der Waals surface area contributed by atoms with Crippen LogP contribution in [0.2, 0.25) is 0 Å². The van der Waals surface area contributed by atoms with Crippen molar-refractivity contribution < 1.29 is 24.6 Å². The van der Waals surface area contributed by atoms with Crippen molar-refractivity contribution in [3.05, 3.63) is 53.6 Å². The summed E-state index contributed by atoms with van der Waals surface area (Å²) in [4.78, 5) is 36.4. The molecule has 0 aliphatic rings. The summed E-state index contributed by atoms with van der Waals surface area (Å²) in [5.74, 6) is -2.89. The van der Waals surface area contributed by atoms with Crippen LogP contribution in [0.15, 0.2) is 42.5 Å². The minimum Gasteiger partial charge on any atom is -0.478 e. The fourth-order valence-corrected chi connectivity index (χ4v) is 3.02. The predicted octanol–water partition coefficient (Wildman–Crippen LogP) is 4.37. The highest BCUT2D eigenvalue weighted by Crippen LogP contribution is 2.35. The Bertz CT molecular complexity index is 1110. The lowest BCUT2D eigenvalue weighted by atomic mass is 9.91. The normalized spacial score (nSPS) is 11.5. The number of rotatable bonds is 3. The molecule has 3 aromatic carbocycles. The smallest absolute Gasteiger partial charge is 0.338 e. The summed E-state index contributed by atoms with van der Waals surface area (Å²) in [6, 6.07) is 11.8. The van der Waals surface area contributed by atoms with Crippen LogP contribution in [0.3, 0.4) is 0 Å². The van der Waals surface area contributed by atoms with Crippen molar-refractivity contribution in [1.82, 2.24) is 0 Å². The van der Waals surface area contributed by atoms with Gasteiger partial charge in [0.15, 0.2) is 0 Å². The largest absolute Gasteiger partial charge is 0.478 e. The fraction of sp³-hybridized carbons (Fsp3) is 0.190. The topological polar surface area (TPSA) is 104 Å². The highest BCUT2D eigenvalue weighted by atomic mass is 16.4. The van der Waals surface area contributed by atoms with Gasteiger partial charge in [0.1, 0.15) is 0 Å². The fourth-order valence-electron chi connectivity index (χ4n) is 3.02. The van der Waals surface area contributed by atoms with Crippen LogP contribution in [0.4, 0.5) is 5.69 Å². The average Bonchev–Trinajstić information content (AvgIpc) is 2.58. The number of carbonyl (C=O) groups is 3. The second-order valence-corrected chi connectivity index (χ2v) is 7.37. The zero-order valence-electron chi connectivity index (χ0n) is 15.2. The number of nitrogens with one attached hydrogen (secondary N) is 1. The maximum atomic E-state index is 12.4. The summed E-state index contributed by atoms with van der Waals surface area (Å²) in [6.45, 7) is 5.13. The first-order valence-electron chi connectivity index (χ1n) is 8.37. The highest BCUT2D eigenvalue weighted by molar-refractivity contribution is 6.23. The first-order valence-corrected chi connectivity index (χ1v) is 8.37. The molecule has 0 saturated heterocycles. The number of benzene rings is 3. The van der Waals surface area contributed by atoms with E-state index < -0.39 is 17.4 Å². The molecular formula is C21H19NO5. The molecular weight excluding hydrogens is 346 g/mol. The van der Waals surface area contributed by atoms with Crippen molar-refractivity contribution in [3.8, 4) is 0 Å². The van der Waals surface area contributed by atoms with Crippen molar-refractivity contribution in [1.29, 1.82) is 0 Å². The molecule has 0 heterocycles. The molecule has 3 N–H and O–H groups in total. The van der Waals surface area contributed by atoms with E-state index in [0.717, 1.165) is 0 Å². The van der Waals surface area contributed by atoms with Crippen LogP contribution in [0.5, 0.6) is 0 Å². The lowest BCUT2D eigenvalue weighted by Gasteiger charge is -2.20. The number of hydrogen-bond donors (Lipinski definition) is 3. The number of carboxylic acids is 2. The van der Waals surface area contributed by atoms with Gasteiger partial charge in [-0.2, -0.15) is 0 Å². The van der Waals surface area contributed by atoms with Gasteiger partial charge in [0.2, 0.25) is 5.91 Å². The van der Waals surface area contributed by atoms with Gasteiger partial charge in [0.05, 0.1) is 16.8 Å². The molecule has 6 heteroatoms. The molecule has 0 unspecified atom stereocenters. The molecule has 0 atom stereocenters. The molecule has 0 aliphatic heterocycles. The van der Waals surface area contributed by atoms with E-state index in [-0.39, 0.29) is 28.1 Å². The number of carbonyl (C=O) groups excluding carboxylic acids is 1. The molecule has 0 spiro atoms. The molecule has 0 radical (unpaired) electrons. The van der Waals surface area contributed by atoms with E-state index in [1.54, 1.807) is 57.2 Å². The molecule has 0 aliphatic carbocycles. The minimum absolute atomic E-state index is 0.0766. The van der Waals surface area contributed by atoms with Crippen molar-refractivity contribution in [3.63, 3.8) is 0 Å². The molecule has 27 heavy (non-hydrogen) atoms. The van der Waals surface area contributed by atoms with E-state index in [0.29, 0.717) is 16.2 Å². The van der Waals surface area contributed by atoms with Crippen LogP contribution >= 0.6 is 0 Å². The van der Waals surface area contributed by atoms with Crippen LogP contribution in [-0.2, 0) is 4.79 Å². The Morgan fingerprint density at radius 3 is 2.07 bits per heavy atom. The van der Waals surface area contributed by atoms with E-state index in [1.165, 1.54) is 6.07 Å². The van der Waals surface area contributed by atoms with Crippen molar-refractivity contribution >= 4 is 45.1 Å². The van der Waals surface area contributed by atoms with Crippen LogP contribution in [-0.4, -0.2) is 28.1 Å². The lowest BCUT2D eigenvalue weighted by molar-refractivity contribution is -0.123. The van der Waals surface area contributed by atoms with Gasteiger partial charge in [0.25, 0.3) is 0 Å². The van der Waals surface area contributed by atoms with Gasteiger partial charge < -0.3 is 15.5 Å². The zero-order valence-corrected chi connectivity index (χ0v) is 15.2. The maximum Gasteiger partial charge on any atom is 0.338 e. The molecule has 6 nitrogen and oxygen atoms in total. The van der Waals surface area contributed by atoms with E-state index in [4.69, 9.17) is 0 Å². The highest BCUT2D eigenvalue weighted by Gasteiger charge is 2.26. The second kappa shape index (κ2) is 6.39. The van der Waals surface area contributed by atoms with E-state index >= 15 is 0 Å². The number of hydrogen-bond acceptors (Lipinski definition) is 3. The summed E-state index contributed by atoms with van der Waals surface area (Å²) >= 11 is 0. The Hall–Kier alpha value is -3.41. The average molecular weight is 365 g/mol. The van der Waals surface area contributed by atoms with Crippen LogP contribution < -0.4 is 5.32 Å². The molecule has 0 fully saturated rings. The third-order valence-electron chi connectivity index (χ3n) is 4.39. The quantitative estimate of drug-likeness (QED) is 0.598. The lowest BCUT2D eigenvalue weighted by Crippen LogP contribution is -2.28. The van der Waals surface area contributed by atoms with Gasteiger partial charge in [-0.1, -0.05) is 51.1 Å². The van der Waals surface area contributed by atoms with Gasteiger partial charge in [0, 0.05) is 10.8 Å². The Labute approximate surface area is 155 Å². The molecule has 3 aromatic rings. The maximum absolute atomic E-state index is 12.4. The summed E-state index contributed by atoms with van der Waals surface area (Å²) in [7, 11) is 0. The summed E-state index contributed by atoms with van der Waals surface area (Å²) < 4.78 is 0. The van der Waals surface area contributed by atoms with Crippen molar-refractivity contribution in [2.75, 3.05) is 5.32 Å². The Morgan fingerprint density at radius 2 is 1.48 bits per heavy atom. The molecule has 1 amide bonds. The van der Waals surface area contributed by atoms with E-state index in [9.17, 15) is 24.6 Å². The van der Waals surface area contributed by atoms with Crippen LogP contribution in [0, 0.1) is 5.41 Å². The first-order chi connectivity index (χ1) is 12.6. The van der Waals surface area contributed by atoms with Gasteiger partial charge in [-0.05, 0) is 28.3 Å². The number of anilines is 1. The van der Waals surface area contributed by atoms with Crippen LogP contribution in [0.1, 0.15) is 41.5 Å². The third kappa shape index (κ3) is 3.21. The molecule has 138 valence electrons. The first kappa shape index (κ1) is 18.4. The molecule has 0 aromatic heterocycles. The third-order valence-corrected chi connectivity index (χ3v) is 4.39. The van der Waals surface area contributed by atoms with E-state index in [1.807, 2.05) is 0 Å². The minimum atomic E-state index is -1.30. The SMILES string of the molecule is CC(C)(C)C(=O)Nc1ccc2cc3ccccc3c(C(=O)O)c2c1C(=O)O. The standard InChI is InChI=1S/C21H19NO5/c1-21(2,3)20(27)22-14-9-8-12-10-11-6-4-5-7-13(11)16(18(23)24)15(12)17(14)19(25)26/h4-10H,1-3H3,(H,22,27)(H,23,24)(H,25,26). The van der Waals surface area contributed by atoms with Gasteiger partial charge in [-0.25, -0.2) is 9.59 Å². The number of fused-ring (bicyclic) bond motifs is 2. The van der Waals surface area contributed by atoms with Gasteiger partial charge in [-0.3, -0.25) is 4.79 Å². The van der Waals surface area contributed by atoms with Gasteiger partial charge in [-0.15, -0.1) is 0 Å². The van der Waals surface area contributed by atoms with Crippen molar-refractivity contribution in [2.24, 2.45) is 5.41 Å². The molecule has 0 saturated carbocycles. The predicted molar refractivity (Wildman–Crippen MR) is 103 cm³/mol. The Kier molecular flexibility index (Phi) is 4.35. The van der Waals surface area contributed by atoms with E-state index in [2.05, 4.69) is 5.32 Å². The zero-order chi connectivity index (χ0) is 19.9. The molecule has 3 rings (SSSR count). The second-order valence-electron chi connectivity index (χ2n) is 7.37. The summed E-state index contributed by atoms with van der Waals surface area (Å²) in [5.41, 5.74) is -0.975. The van der Waals surface area contributed by atoms with Crippen LogP contribution in [0.25, 0.3) is 21.5 Å². The Balaban J connectivity index is 2.42. The number of amides is 1. The monoisotopic (exact) mass is 365 g/mol. The number of carboxylic acid groups (broad SMARTS) is 2.